The van der Waals surface area contributed by atoms with Gasteiger partial charge in [-0.3, -0.25) is 0 Å². The van der Waals surface area contributed by atoms with Gasteiger partial charge in [0.2, 0.25) is 0 Å². The van der Waals surface area contributed by atoms with E-state index >= 15 is 0 Å². The highest BCUT2D eigenvalue weighted by Crippen LogP contribution is 2.37. The quantitative estimate of drug-likeness (QED) is 0.876. The molecule has 2 atom stereocenters. The Balaban J connectivity index is 2.24. The van der Waals surface area contributed by atoms with Crippen molar-refractivity contribution in [1.82, 2.24) is 5.32 Å². The fourth-order valence-electron chi connectivity index (χ4n) is 2.98. The lowest BCUT2D eigenvalue weighted by atomic mass is 9.77. The van der Waals surface area contributed by atoms with E-state index in [-0.39, 0.29) is 5.82 Å². The van der Waals surface area contributed by atoms with Gasteiger partial charge in [0, 0.05) is 4.47 Å². The molecule has 0 bridgehead atoms. The first-order chi connectivity index (χ1) is 8.58. The molecule has 1 nitrogen and oxygen atoms in total. The van der Waals surface area contributed by atoms with Gasteiger partial charge in [0.1, 0.15) is 5.82 Å². The van der Waals surface area contributed by atoms with E-state index in [2.05, 4.69) is 35.1 Å². The van der Waals surface area contributed by atoms with E-state index in [1.165, 1.54) is 12.5 Å². The number of hydrogen-bond acceptors (Lipinski definition) is 1. The zero-order valence-corrected chi connectivity index (χ0v) is 12.6. The molecule has 18 heavy (non-hydrogen) atoms. The van der Waals surface area contributed by atoms with Crippen molar-refractivity contribution in [3.05, 3.63) is 34.1 Å². The van der Waals surface area contributed by atoms with Gasteiger partial charge in [-0.05, 0) is 67.4 Å². The maximum atomic E-state index is 13.5. The molecule has 1 heterocycles. The first-order valence-electron chi connectivity index (χ1n) is 6.73. The lowest BCUT2D eigenvalue weighted by molar-refractivity contribution is 0.279. The molecule has 3 heteroatoms. The first kappa shape index (κ1) is 14.0. The molecule has 2 rings (SSSR count). The van der Waals surface area contributed by atoms with Crippen LogP contribution in [0.4, 0.5) is 4.39 Å². The van der Waals surface area contributed by atoms with Gasteiger partial charge < -0.3 is 5.32 Å². The van der Waals surface area contributed by atoms with Crippen LogP contribution in [-0.4, -0.2) is 13.1 Å². The van der Waals surface area contributed by atoms with Crippen LogP contribution in [0.3, 0.4) is 0 Å². The number of piperidine rings is 1. The summed E-state index contributed by atoms with van der Waals surface area (Å²) in [7, 11) is 0. The summed E-state index contributed by atoms with van der Waals surface area (Å²) in [5.74, 6) is 1.63. The Labute approximate surface area is 117 Å². The van der Waals surface area contributed by atoms with Crippen LogP contribution in [-0.2, 0) is 0 Å². The number of rotatable bonds is 3. The van der Waals surface area contributed by atoms with Crippen molar-refractivity contribution in [2.45, 2.75) is 32.6 Å². The molecule has 0 spiro atoms. The third kappa shape index (κ3) is 3.33. The van der Waals surface area contributed by atoms with Crippen LogP contribution in [0, 0.1) is 17.7 Å². The fraction of sp³-hybridized carbons (Fsp3) is 0.600. The molecule has 1 aromatic carbocycles. The molecule has 0 radical (unpaired) electrons. The summed E-state index contributed by atoms with van der Waals surface area (Å²) in [5, 5.41) is 3.46. The Bertz CT molecular complexity index is 405. The average Bonchev–Trinajstić information content (AvgIpc) is 2.32. The van der Waals surface area contributed by atoms with Crippen molar-refractivity contribution in [3.8, 4) is 0 Å². The van der Waals surface area contributed by atoms with Crippen molar-refractivity contribution in [2.24, 2.45) is 11.8 Å². The molecular weight excluding hydrogens is 293 g/mol. The molecule has 0 saturated carbocycles. The summed E-state index contributed by atoms with van der Waals surface area (Å²) in [6, 6.07) is 5.05. The minimum Gasteiger partial charge on any atom is -0.316 e. The molecule has 1 aromatic rings. The summed E-state index contributed by atoms with van der Waals surface area (Å²) < 4.78 is 14.5. The van der Waals surface area contributed by atoms with E-state index < -0.39 is 0 Å². The predicted molar refractivity (Wildman–Crippen MR) is 77.3 cm³/mol. The Hall–Kier alpha value is -0.410. The number of halogens is 2. The van der Waals surface area contributed by atoms with Crippen LogP contribution in [0.25, 0.3) is 0 Å². The largest absolute Gasteiger partial charge is 0.316 e. The molecule has 0 aliphatic carbocycles. The highest BCUT2D eigenvalue weighted by atomic mass is 79.9. The second-order valence-corrected chi connectivity index (χ2v) is 6.51. The van der Waals surface area contributed by atoms with Gasteiger partial charge in [-0.15, -0.1) is 0 Å². The second-order valence-electron chi connectivity index (χ2n) is 5.65. The van der Waals surface area contributed by atoms with Crippen LogP contribution >= 0.6 is 15.9 Å². The maximum absolute atomic E-state index is 13.5. The normalized spacial score (nSPS) is 24.5. The topological polar surface area (TPSA) is 12.0 Å². The van der Waals surface area contributed by atoms with E-state index in [1.54, 1.807) is 6.07 Å². The molecule has 0 aromatic heterocycles. The molecule has 100 valence electrons. The number of hydrogen-bond donors (Lipinski definition) is 1. The Morgan fingerprint density at radius 3 is 2.94 bits per heavy atom. The van der Waals surface area contributed by atoms with Crippen molar-refractivity contribution < 1.29 is 4.39 Å². The van der Waals surface area contributed by atoms with Gasteiger partial charge >= 0.3 is 0 Å². The lowest BCUT2D eigenvalue weighted by Crippen LogP contribution is -2.36. The SMILES string of the molecule is CC(C)CC1CNCCC1c1cc(F)ccc1Br. The van der Waals surface area contributed by atoms with E-state index in [1.807, 2.05) is 6.07 Å². The minimum atomic E-state index is -0.130. The van der Waals surface area contributed by atoms with Crippen LogP contribution in [0.5, 0.6) is 0 Å². The third-order valence-electron chi connectivity index (χ3n) is 3.74. The van der Waals surface area contributed by atoms with Gasteiger partial charge in [-0.2, -0.15) is 0 Å². The van der Waals surface area contributed by atoms with Crippen molar-refractivity contribution >= 4 is 15.9 Å². The van der Waals surface area contributed by atoms with Gasteiger partial charge in [0.05, 0.1) is 0 Å². The van der Waals surface area contributed by atoms with Gasteiger partial charge in [0.15, 0.2) is 0 Å². The summed E-state index contributed by atoms with van der Waals surface area (Å²) in [6.07, 6.45) is 2.29. The minimum absolute atomic E-state index is 0.130. The molecular formula is C15H21BrFN. The maximum Gasteiger partial charge on any atom is 0.123 e. The molecule has 2 unspecified atom stereocenters. The van der Waals surface area contributed by atoms with E-state index in [0.29, 0.717) is 17.8 Å². The third-order valence-corrected chi connectivity index (χ3v) is 4.46. The lowest BCUT2D eigenvalue weighted by Gasteiger charge is -2.34. The first-order valence-corrected chi connectivity index (χ1v) is 7.53. The highest BCUT2D eigenvalue weighted by molar-refractivity contribution is 9.10. The summed E-state index contributed by atoms with van der Waals surface area (Å²) in [6.45, 7) is 6.59. The van der Waals surface area contributed by atoms with Crippen molar-refractivity contribution in [2.75, 3.05) is 13.1 Å². The average molecular weight is 314 g/mol. The standard InChI is InChI=1S/C15H21BrFN/c1-10(2)7-11-9-18-6-5-13(11)14-8-12(17)3-4-15(14)16/h3-4,8,10-11,13,18H,5-7,9H2,1-2H3. The Morgan fingerprint density at radius 1 is 1.44 bits per heavy atom. The predicted octanol–water partition coefficient (Wildman–Crippen LogP) is 4.33. The van der Waals surface area contributed by atoms with Crippen LogP contribution in [0.15, 0.2) is 22.7 Å². The summed E-state index contributed by atoms with van der Waals surface area (Å²) in [5.41, 5.74) is 1.14. The molecule has 0 amide bonds. The van der Waals surface area contributed by atoms with Gasteiger partial charge in [-0.1, -0.05) is 29.8 Å². The number of benzene rings is 1. The van der Waals surface area contributed by atoms with Gasteiger partial charge in [-0.25, -0.2) is 4.39 Å². The molecule has 1 aliphatic heterocycles. The van der Waals surface area contributed by atoms with Crippen LogP contribution < -0.4 is 5.32 Å². The monoisotopic (exact) mass is 313 g/mol. The second kappa shape index (κ2) is 6.16. The zero-order chi connectivity index (χ0) is 13.1. The van der Waals surface area contributed by atoms with Crippen LogP contribution in [0.2, 0.25) is 0 Å². The molecule has 1 fully saturated rings. The Morgan fingerprint density at radius 2 is 2.22 bits per heavy atom. The highest BCUT2D eigenvalue weighted by Gasteiger charge is 2.28. The van der Waals surface area contributed by atoms with E-state index in [9.17, 15) is 4.39 Å². The zero-order valence-electron chi connectivity index (χ0n) is 11.0. The smallest absolute Gasteiger partial charge is 0.123 e. The molecule has 1 N–H and O–H groups in total. The molecule has 1 aliphatic rings. The fourth-order valence-corrected chi connectivity index (χ4v) is 3.52. The van der Waals surface area contributed by atoms with Crippen LogP contribution in [0.1, 0.15) is 38.2 Å². The van der Waals surface area contributed by atoms with Gasteiger partial charge in [0.25, 0.3) is 0 Å². The van der Waals surface area contributed by atoms with E-state index in [4.69, 9.17) is 0 Å². The van der Waals surface area contributed by atoms with Crippen molar-refractivity contribution in [3.63, 3.8) is 0 Å². The van der Waals surface area contributed by atoms with E-state index in [0.717, 1.165) is 29.5 Å². The number of nitrogens with one attached hydrogen (secondary N) is 1. The van der Waals surface area contributed by atoms with Crippen molar-refractivity contribution in [1.29, 1.82) is 0 Å². The molecule has 1 saturated heterocycles. The Kier molecular flexibility index (Phi) is 4.79. The summed E-state index contributed by atoms with van der Waals surface area (Å²) in [4.78, 5) is 0. The summed E-state index contributed by atoms with van der Waals surface area (Å²) >= 11 is 3.57.